The molecule has 2 heterocycles. The number of nitrogens with zero attached hydrogens (tertiary/aromatic N) is 2. The summed E-state index contributed by atoms with van der Waals surface area (Å²) in [6.07, 6.45) is 4.31. The maximum absolute atomic E-state index is 12.4. The summed E-state index contributed by atoms with van der Waals surface area (Å²) in [5.74, 6) is 0.819. The second-order valence-electron chi connectivity index (χ2n) is 6.25. The first-order valence-electron chi connectivity index (χ1n) is 8.46. The summed E-state index contributed by atoms with van der Waals surface area (Å²) in [7, 11) is 3.57. The Hall–Kier alpha value is -2.27. The highest BCUT2D eigenvalue weighted by atomic mass is 16.5. The number of hydrogen-bond donors (Lipinski definition) is 1. The van der Waals surface area contributed by atoms with Crippen molar-refractivity contribution in [3.63, 3.8) is 0 Å². The van der Waals surface area contributed by atoms with Crippen molar-refractivity contribution in [2.45, 2.75) is 18.9 Å². The number of carbonyl (C=O) groups excluding carboxylic acids is 1. The molecule has 0 bridgehead atoms. The fourth-order valence-electron chi connectivity index (χ4n) is 3.34. The van der Waals surface area contributed by atoms with Gasteiger partial charge in [0.05, 0.1) is 13.2 Å². The summed E-state index contributed by atoms with van der Waals surface area (Å²) in [6, 6.07) is 12.0. The second-order valence-corrected chi connectivity index (χ2v) is 6.25. The molecule has 3 rings (SSSR count). The van der Waals surface area contributed by atoms with E-state index in [4.69, 9.17) is 4.74 Å². The lowest BCUT2D eigenvalue weighted by Crippen LogP contribution is -2.37. The minimum atomic E-state index is -0.0328. The third-order valence-electron chi connectivity index (χ3n) is 4.69. The van der Waals surface area contributed by atoms with Gasteiger partial charge in [0.1, 0.15) is 11.4 Å². The van der Waals surface area contributed by atoms with Gasteiger partial charge in [-0.25, -0.2) is 0 Å². The van der Waals surface area contributed by atoms with E-state index in [0.29, 0.717) is 12.2 Å². The first-order valence-corrected chi connectivity index (χ1v) is 8.46. The zero-order valence-electron chi connectivity index (χ0n) is 14.4. The number of benzene rings is 1. The van der Waals surface area contributed by atoms with Crippen LogP contribution in [0.5, 0.6) is 5.75 Å². The van der Waals surface area contributed by atoms with Crippen molar-refractivity contribution >= 4 is 5.91 Å². The molecule has 1 atom stereocenters. The lowest BCUT2D eigenvalue weighted by atomic mass is 10.0. The zero-order chi connectivity index (χ0) is 16.9. The molecule has 1 aliphatic rings. The lowest BCUT2D eigenvalue weighted by molar-refractivity contribution is 0.0930. The molecule has 128 valence electrons. The molecule has 1 aromatic heterocycles. The van der Waals surface area contributed by atoms with Crippen LogP contribution in [0.4, 0.5) is 0 Å². The van der Waals surface area contributed by atoms with Gasteiger partial charge < -0.3 is 14.6 Å². The van der Waals surface area contributed by atoms with E-state index in [1.807, 2.05) is 42.1 Å². The Morgan fingerprint density at radius 2 is 2.04 bits per heavy atom. The van der Waals surface area contributed by atoms with Gasteiger partial charge in [-0.3, -0.25) is 9.69 Å². The molecule has 1 N–H and O–H groups in total. The van der Waals surface area contributed by atoms with E-state index in [1.165, 1.54) is 18.4 Å². The molecule has 5 heteroatoms. The highest BCUT2D eigenvalue weighted by molar-refractivity contribution is 5.92. The quantitative estimate of drug-likeness (QED) is 0.887. The average molecular weight is 327 g/mol. The molecule has 1 aromatic carbocycles. The summed E-state index contributed by atoms with van der Waals surface area (Å²) in [5, 5.41) is 3.10. The number of likely N-dealkylation sites (tertiary alicyclic amines) is 1. The average Bonchev–Trinajstić information content (AvgIpc) is 3.27. The van der Waals surface area contributed by atoms with Crippen molar-refractivity contribution in [1.29, 1.82) is 0 Å². The van der Waals surface area contributed by atoms with Gasteiger partial charge in [0, 0.05) is 19.8 Å². The first-order chi connectivity index (χ1) is 11.7. The number of ether oxygens (including phenoxy) is 1. The van der Waals surface area contributed by atoms with E-state index < -0.39 is 0 Å². The summed E-state index contributed by atoms with van der Waals surface area (Å²) in [4.78, 5) is 14.9. The molecule has 1 saturated heterocycles. The van der Waals surface area contributed by atoms with Crippen LogP contribution in [0.1, 0.15) is 34.9 Å². The van der Waals surface area contributed by atoms with Crippen LogP contribution in [0.2, 0.25) is 0 Å². The number of methoxy groups -OCH3 is 1. The minimum Gasteiger partial charge on any atom is -0.497 e. The first kappa shape index (κ1) is 16.6. The number of hydrogen-bond acceptors (Lipinski definition) is 3. The van der Waals surface area contributed by atoms with Crippen LogP contribution < -0.4 is 10.1 Å². The summed E-state index contributed by atoms with van der Waals surface area (Å²) < 4.78 is 7.20. The fourth-order valence-corrected chi connectivity index (χ4v) is 3.34. The van der Waals surface area contributed by atoms with Crippen LogP contribution in [0, 0.1) is 0 Å². The van der Waals surface area contributed by atoms with Crippen molar-refractivity contribution < 1.29 is 9.53 Å². The van der Waals surface area contributed by atoms with Crippen molar-refractivity contribution in [1.82, 2.24) is 14.8 Å². The van der Waals surface area contributed by atoms with Gasteiger partial charge in [0.25, 0.3) is 5.91 Å². The van der Waals surface area contributed by atoms with Crippen molar-refractivity contribution in [3.05, 3.63) is 53.9 Å². The Labute approximate surface area is 143 Å². The second kappa shape index (κ2) is 7.53. The van der Waals surface area contributed by atoms with E-state index in [2.05, 4.69) is 22.3 Å². The largest absolute Gasteiger partial charge is 0.497 e. The Bertz CT molecular complexity index is 689. The molecular formula is C19H25N3O2. The molecule has 1 unspecified atom stereocenters. The molecule has 0 saturated carbocycles. The van der Waals surface area contributed by atoms with E-state index in [-0.39, 0.29) is 11.9 Å². The number of aromatic nitrogens is 1. The van der Waals surface area contributed by atoms with Gasteiger partial charge >= 0.3 is 0 Å². The van der Waals surface area contributed by atoms with Crippen LogP contribution in [0.25, 0.3) is 0 Å². The Kier molecular flexibility index (Phi) is 5.20. The van der Waals surface area contributed by atoms with Crippen molar-refractivity contribution in [2.75, 3.05) is 26.7 Å². The number of rotatable bonds is 6. The molecule has 24 heavy (non-hydrogen) atoms. The lowest BCUT2D eigenvalue weighted by Gasteiger charge is -2.28. The Balaban J connectivity index is 1.75. The summed E-state index contributed by atoms with van der Waals surface area (Å²) in [6.45, 7) is 2.74. The molecule has 0 spiro atoms. The van der Waals surface area contributed by atoms with E-state index in [9.17, 15) is 4.79 Å². The highest BCUT2D eigenvalue weighted by Gasteiger charge is 2.24. The van der Waals surface area contributed by atoms with Crippen molar-refractivity contribution in [3.8, 4) is 5.75 Å². The van der Waals surface area contributed by atoms with Crippen LogP contribution in [0.15, 0.2) is 42.6 Å². The van der Waals surface area contributed by atoms with Gasteiger partial charge in [0.2, 0.25) is 0 Å². The Morgan fingerprint density at radius 3 is 2.71 bits per heavy atom. The Morgan fingerprint density at radius 1 is 1.25 bits per heavy atom. The molecule has 1 aliphatic heterocycles. The molecule has 1 amide bonds. The standard InChI is InChI=1S/C19H25N3O2/c1-21-10-6-9-17(21)19(23)20-14-18(22-11-3-4-12-22)15-7-5-8-16(13-15)24-2/h5-10,13,18H,3-4,11-12,14H2,1-2H3,(H,20,23). The number of amides is 1. The van der Waals surface area contributed by atoms with Gasteiger partial charge in [-0.2, -0.15) is 0 Å². The van der Waals surface area contributed by atoms with Crippen LogP contribution in [-0.4, -0.2) is 42.1 Å². The third-order valence-corrected chi connectivity index (χ3v) is 4.69. The summed E-state index contributed by atoms with van der Waals surface area (Å²) >= 11 is 0. The number of carbonyl (C=O) groups is 1. The smallest absolute Gasteiger partial charge is 0.267 e. The molecule has 1 fully saturated rings. The van der Waals surface area contributed by atoms with Crippen LogP contribution >= 0.6 is 0 Å². The third kappa shape index (κ3) is 3.62. The predicted octanol–water partition coefficient (Wildman–Crippen LogP) is 2.60. The minimum absolute atomic E-state index is 0.0328. The fraction of sp³-hybridized carbons (Fsp3) is 0.421. The molecule has 0 radical (unpaired) electrons. The topological polar surface area (TPSA) is 46.5 Å². The van der Waals surface area contributed by atoms with E-state index in [1.54, 1.807) is 7.11 Å². The molecule has 2 aromatic rings. The van der Waals surface area contributed by atoms with E-state index in [0.717, 1.165) is 18.8 Å². The molecule has 5 nitrogen and oxygen atoms in total. The van der Waals surface area contributed by atoms with Gasteiger partial charge in [-0.05, 0) is 55.8 Å². The molecule has 0 aliphatic carbocycles. The zero-order valence-corrected chi connectivity index (χ0v) is 14.4. The van der Waals surface area contributed by atoms with Crippen LogP contribution in [-0.2, 0) is 7.05 Å². The SMILES string of the molecule is COc1cccc(C(CNC(=O)c2cccn2C)N2CCCC2)c1. The van der Waals surface area contributed by atoms with E-state index >= 15 is 0 Å². The monoisotopic (exact) mass is 327 g/mol. The maximum Gasteiger partial charge on any atom is 0.267 e. The highest BCUT2D eigenvalue weighted by Crippen LogP contribution is 2.27. The number of aryl methyl sites for hydroxylation is 1. The summed E-state index contributed by atoms with van der Waals surface area (Å²) in [5.41, 5.74) is 1.87. The van der Waals surface area contributed by atoms with Gasteiger partial charge in [-0.15, -0.1) is 0 Å². The normalized spacial score (nSPS) is 16.1. The maximum atomic E-state index is 12.4. The van der Waals surface area contributed by atoms with Gasteiger partial charge in [-0.1, -0.05) is 12.1 Å². The predicted molar refractivity (Wildman–Crippen MR) is 94.3 cm³/mol. The van der Waals surface area contributed by atoms with Crippen LogP contribution in [0.3, 0.4) is 0 Å². The van der Waals surface area contributed by atoms with Crippen molar-refractivity contribution in [2.24, 2.45) is 7.05 Å². The van der Waals surface area contributed by atoms with Gasteiger partial charge in [0.15, 0.2) is 0 Å². The molecular weight excluding hydrogens is 302 g/mol. The number of nitrogens with one attached hydrogen (secondary N) is 1.